The number of hydrogen-bond acceptors (Lipinski definition) is 7. The summed E-state index contributed by atoms with van der Waals surface area (Å²) in [4.78, 5) is 35.2. The zero-order chi connectivity index (χ0) is 21.8. The predicted octanol–water partition coefficient (Wildman–Crippen LogP) is 3.94. The largest absolute Gasteiger partial charge is 0.391 e. The molecule has 1 unspecified atom stereocenters. The van der Waals surface area contributed by atoms with Crippen molar-refractivity contribution in [2.45, 2.75) is 83.8 Å². The second-order valence-corrected chi connectivity index (χ2v) is 11.1. The van der Waals surface area contributed by atoms with Crippen LogP contribution in [-0.4, -0.2) is 41.9 Å². The molecule has 0 bridgehead atoms. The Labute approximate surface area is 195 Å². The van der Waals surface area contributed by atoms with Crippen molar-refractivity contribution in [3.8, 4) is 0 Å². The number of fused-ring (bicyclic) bond motifs is 5. The molecule has 4 saturated carbocycles. The number of ketones is 1. The van der Waals surface area contributed by atoms with Gasteiger partial charge in [-0.1, -0.05) is 19.0 Å². The smallest absolute Gasteiger partial charge is 0.294 e. The number of rotatable bonds is 4. The summed E-state index contributed by atoms with van der Waals surface area (Å²) >= 11 is 0. The molecule has 5 aliphatic rings. The Balaban J connectivity index is 0.00000245. The third kappa shape index (κ3) is 3.81. The summed E-state index contributed by atoms with van der Waals surface area (Å²) in [6.07, 6.45) is 7.47. The van der Waals surface area contributed by atoms with Gasteiger partial charge < -0.3 is 15.0 Å². The molecular weight excluding hydrogens is 434 g/mol. The Morgan fingerprint density at radius 2 is 1.94 bits per heavy atom. The van der Waals surface area contributed by atoms with Gasteiger partial charge in [0.2, 0.25) is 0 Å². The topological polar surface area (TPSA) is 103 Å². The van der Waals surface area contributed by atoms with Gasteiger partial charge in [-0.05, 0) is 80.6 Å². The minimum atomic E-state index is -0.612. The van der Waals surface area contributed by atoms with E-state index in [0.717, 1.165) is 57.3 Å². The first-order valence-electron chi connectivity index (χ1n) is 12.1. The molecule has 1 N–H and O–H groups in total. The Morgan fingerprint density at radius 1 is 1.12 bits per heavy atom. The van der Waals surface area contributed by atoms with Gasteiger partial charge in [-0.25, -0.2) is 0 Å². The molecule has 0 radical (unpaired) electrons. The van der Waals surface area contributed by atoms with Gasteiger partial charge >= 0.3 is 0 Å². The third-order valence-electron chi connectivity index (χ3n) is 9.77. The summed E-state index contributed by atoms with van der Waals surface area (Å²) in [5.41, 5.74) is 0.750. The summed E-state index contributed by atoms with van der Waals surface area (Å²) in [6, 6.07) is 0. The van der Waals surface area contributed by atoms with E-state index in [4.69, 9.17) is 9.68 Å². The molecule has 8 nitrogen and oxygen atoms in total. The number of nitrogens with zero attached hydrogens (tertiary/aromatic N) is 2. The molecule has 1 saturated heterocycles. The van der Waals surface area contributed by atoms with Gasteiger partial charge in [0.15, 0.2) is 0 Å². The Bertz CT molecular complexity index is 788. The standard InChI is InChI=1S/C23H35N3O5.ClH/c1-22-8-5-14(25-30-15-7-10-24-13-15)11-19(22)20(31-26(28)29)12-16-17-3-4-21(27)23(17,2)9-6-18(16)22;/h15-20,24H,3-13H2,1-2H3;1H/b25-14+;/t15-,16+,17+,18+,19?,20+,22-,23+;/m1./s1. The quantitative estimate of drug-likeness (QED) is 0.494. The maximum absolute atomic E-state index is 12.7. The van der Waals surface area contributed by atoms with E-state index in [9.17, 15) is 14.9 Å². The molecular formula is C23H36ClN3O5. The van der Waals surface area contributed by atoms with Gasteiger partial charge in [0.25, 0.3) is 5.09 Å². The molecule has 4 aliphatic carbocycles. The lowest BCUT2D eigenvalue weighted by Gasteiger charge is -2.61. The Morgan fingerprint density at radius 3 is 2.66 bits per heavy atom. The van der Waals surface area contributed by atoms with Crippen molar-refractivity contribution in [2.75, 3.05) is 13.1 Å². The van der Waals surface area contributed by atoms with E-state index >= 15 is 0 Å². The highest BCUT2D eigenvalue weighted by Gasteiger charge is 2.62. The number of halogens is 1. The summed E-state index contributed by atoms with van der Waals surface area (Å²) < 4.78 is 0. The predicted molar refractivity (Wildman–Crippen MR) is 121 cm³/mol. The van der Waals surface area contributed by atoms with Crippen LogP contribution in [0.3, 0.4) is 0 Å². The van der Waals surface area contributed by atoms with Crippen LogP contribution in [0.1, 0.15) is 71.6 Å². The first-order chi connectivity index (χ1) is 14.8. The van der Waals surface area contributed by atoms with Crippen LogP contribution in [-0.2, 0) is 14.5 Å². The summed E-state index contributed by atoms with van der Waals surface area (Å²) in [7, 11) is 0. The van der Waals surface area contributed by atoms with E-state index in [-0.39, 0.29) is 35.3 Å². The average Bonchev–Trinajstić information content (AvgIpc) is 3.35. The number of Topliss-reactive ketones (excluding diaryl/α,β-unsaturated/α-hetero) is 1. The third-order valence-corrected chi connectivity index (χ3v) is 9.77. The number of oxime groups is 1. The molecule has 0 amide bonds. The number of carbonyl (C=O) groups excluding carboxylic acids is 1. The molecule has 5 fully saturated rings. The van der Waals surface area contributed by atoms with E-state index in [1.54, 1.807) is 0 Å². The molecule has 180 valence electrons. The SMILES string of the molecule is C[C@]12CC/C(=N\O[C@@H]3CCNC3)CC1[C@@H](O[N+](=O)[O-])C[C@@H]1[C@@H]2CC[C@]2(C)C(=O)CC[C@@H]12.Cl. The highest BCUT2D eigenvalue weighted by molar-refractivity contribution is 5.87. The molecule has 0 aromatic carbocycles. The van der Waals surface area contributed by atoms with Crippen LogP contribution in [0.25, 0.3) is 0 Å². The van der Waals surface area contributed by atoms with Crippen LogP contribution in [0.2, 0.25) is 0 Å². The van der Waals surface area contributed by atoms with Gasteiger partial charge in [-0.2, -0.15) is 0 Å². The van der Waals surface area contributed by atoms with Crippen LogP contribution < -0.4 is 5.32 Å². The molecule has 1 heterocycles. The van der Waals surface area contributed by atoms with Gasteiger partial charge in [0.1, 0.15) is 18.0 Å². The molecule has 32 heavy (non-hydrogen) atoms. The zero-order valence-electron chi connectivity index (χ0n) is 19.1. The van der Waals surface area contributed by atoms with Crippen LogP contribution in [0.5, 0.6) is 0 Å². The van der Waals surface area contributed by atoms with Gasteiger partial charge in [-0.3, -0.25) is 4.79 Å². The van der Waals surface area contributed by atoms with E-state index in [2.05, 4.69) is 24.3 Å². The van der Waals surface area contributed by atoms with Crippen molar-refractivity contribution >= 4 is 23.9 Å². The molecule has 9 heteroatoms. The highest BCUT2D eigenvalue weighted by Crippen LogP contribution is 2.65. The van der Waals surface area contributed by atoms with E-state index < -0.39 is 11.2 Å². The van der Waals surface area contributed by atoms with E-state index in [1.165, 1.54) is 0 Å². The van der Waals surface area contributed by atoms with Crippen molar-refractivity contribution in [1.82, 2.24) is 5.32 Å². The van der Waals surface area contributed by atoms with Crippen LogP contribution >= 0.6 is 12.4 Å². The first kappa shape index (κ1) is 23.7. The minimum Gasteiger partial charge on any atom is -0.391 e. The zero-order valence-corrected chi connectivity index (χ0v) is 19.9. The van der Waals surface area contributed by atoms with E-state index in [1.807, 2.05) is 0 Å². The first-order valence-corrected chi connectivity index (χ1v) is 12.1. The second kappa shape index (κ2) is 8.75. The van der Waals surface area contributed by atoms with Crippen molar-refractivity contribution in [3.63, 3.8) is 0 Å². The molecule has 8 atom stereocenters. The summed E-state index contributed by atoms with van der Waals surface area (Å²) in [6.45, 7) is 6.25. The minimum absolute atomic E-state index is 0. The second-order valence-electron chi connectivity index (χ2n) is 11.1. The molecule has 0 spiro atoms. The highest BCUT2D eigenvalue weighted by atomic mass is 35.5. The average molecular weight is 470 g/mol. The van der Waals surface area contributed by atoms with Crippen molar-refractivity contribution < 1.29 is 19.6 Å². The molecule has 0 aromatic rings. The number of hydrogen-bond donors (Lipinski definition) is 1. The maximum Gasteiger partial charge on any atom is 0.294 e. The lowest BCUT2D eigenvalue weighted by Crippen LogP contribution is -2.58. The van der Waals surface area contributed by atoms with Crippen molar-refractivity contribution in [1.29, 1.82) is 0 Å². The van der Waals surface area contributed by atoms with Gasteiger partial charge in [0, 0.05) is 24.8 Å². The van der Waals surface area contributed by atoms with Crippen LogP contribution in [0, 0.1) is 44.6 Å². The summed E-state index contributed by atoms with van der Waals surface area (Å²) in [5, 5.41) is 18.6. The lowest BCUT2D eigenvalue weighted by molar-refractivity contribution is -0.772. The normalized spacial score (nSPS) is 46.6. The molecule has 0 aromatic heterocycles. The Hall–Kier alpha value is -1.41. The fourth-order valence-electron chi connectivity index (χ4n) is 8.02. The monoisotopic (exact) mass is 469 g/mol. The Kier molecular flexibility index (Phi) is 6.49. The van der Waals surface area contributed by atoms with E-state index in [0.29, 0.717) is 42.8 Å². The van der Waals surface area contributed by atoms with Gasteiger partial charge in [0.05, 0.1) is 5.71 Å². The molecule has 1 aliphatic heterocycles. The number of nitrogens with one attached hydrogen (secondary N) is 1. The van der Waals surface area contributed by atoms with Crippen molar-refractivity contribution in [3.05, 3.63) is 10.1 Å². The summed E-state index contributed by atoms with van der Waals surface area (Å²) in [5.74, 6) is 1.62. The molecule has 5 rings (SSSR count). The van der Waals surface area contributed by atoms with Gasteiger partial charge in [-0.15, -0.1) is 22.5 Å². The number of carbonyl (C=O) groups is 1. The lowest BCUT2D eigenvalue weighted by atomic mass is 9.44. The van der Waals surface area contributed by atoms with Crippen molar-refractivity contribution in [2.24, 2.45) is 39.7 Å². The fraction of sp³-hybridized carbons (Fsp3) is 0.913. The van der Waals surface area contributed by atoms with Crippen LogP contribution in [0.15, 0.2) is 5.16 Å². The maximum atomic E-state index is 12.7. The van der Waals surface area contributed by atoms with Crippen LogP contribution in [0.4, 0.5) is 0 Å². The fourth-order valence-corrected chi connectivity index (χ4v) is 8.02.